The van der Waals surface area contributed by atoms with Crippen LogP contribution in [0.5, 0.6) is 0 Å². The summed E-state index contributed by atoms with van der Waals surface area (Å²) in [5.74, 6) is -1.19. The van der Waals surface area contributed by atoms with Gasteiger partial charge in [0.15, 0.2) is 0 Å². The van der Waals surface area contributed by atoms with Crippen molar-refractivity contribution in [3.63, 3.8) is 0 Å². The number of allylic oxidation sites excluding steroid dienone is 4. The second-order valence-electron chi connectivity index (χ2n) is 2.37. The van der Waals surface area contributed by atoms with Crippen LogP contribution in [0.1, 0.15) is 12.8 Å². The molecule has 0 nitrogen and oxygen atoms in total. The van der Waals surface area contributed by atoms with Crippen molar-refractivity contribution in [2.75, 3.05) is 0 Å². The topological polar surface area (TPSA) is 0 Å². The fraction of sp³-hybridized carbons (Fsp3) is 0.429. The van der Waals surface area contributed by atoms with Gasteiger partial charge in [0.25, 0.3) is 0 Å². The maximum atomic E-state index is 12.8. The molecule has 1 rings (SSSR count). The van der Waals surface area contributed by atoms with Gasteiger partial charge in [0.2, 0.25) is 0 Å². The van der Waals surface area contributed by atoms with E-state index in [-0.39, 0.29) is 10.9 Å². The quantitative estimate of drug-likeness (QED) is 0.568. The number of rotatable bonds is 0. The number of halogens is 5. The average molecular weight is 245 g/mol. The lowest BCUT2D eigenvalue weighted by Crippen LogP contribution is -2.14. The second kappa shape index (κ2) is 3.20. The minimum Gasteiger partial charge on any atom is -0.205 e. The summed E-state index contributed by atoms with van der Waals surface area (Å²) in [7, 11) is 0. The Labute approximate surface area is 75.1 Å². The Bertz CT molecular complexity index is 249. The molecule has 0 fully saturated rings. The molecule has 0 N–H and O–H groups in total. The lowest BCUT2D eigenvalue weighted by atomic mass is 10.1. The molecular weight excluding hydrogens is 240 g/mol. The van der Waals surface area contributed by atoms with E-state index < -0.39 is 17.6 Å². The maximum absolute atomic E-state index is 12.8. The molecule has 5 heteroatoms. The van der Waals surface area contributed by atoms with E-state index >= 15 is 0 Å². The van der Waals surface area contributed by atoms with Gasteiger partial charge in [0.05, 0.1) is 5.57 Å². The maximum Gasteiger partial charge on any atom is 0.418 e. The van der Waals surface area contributed by atoms with Crippen molar-refractivity contribution in [3.8, 4) is 0 Å². The monoisotopic (exact) mass is 244 g/mol. The third-order valence-corrected chi connectivity index (χ3v) is 2.24. The minimum atomic E-state index is -4.58. The van der Waals surface area contributed by atoms with Gasteiger partial charge >= 0.3 is 6.18 Å². The first kappa shape index (κ1) is 9.77. The summed E-state index contributed by atoms with van der Waals surface area (Å²) in [6.07, 6.45) is -3.18. The van der Waals surface area contributed by atoms with Gasteiger partial charge in [-0.2, -0.15) is 13.2 Å². The third kappa shape index (κ3) is 1.88. The summed E-state index contributed by atoms with van der Waals surface area (Å²) in [5.41, 5.74) is -1.17. The van der Waals surface area contributed by atoms with Gasteiger partial charge in [-0.15, -0.1) is 0 Å². The molecule has 1 aliphatic rings. The Hall–Kier alpha value is -0.320. The zero-order valence-corrected chi connectivity index (χ0v) is 7.47. The van der Waals surface area contributed by atoms with Crippen molar-refractivity contribution in [1.82, 2.24) is 0 Å². The van der Waals surface area contributed by atoms with Crippen LogP contribution < -0.4 is 0 Å². The molecule has 0 aliphatic heterocycles. The van der Waals surface area contributed by atoms with Gasteiger partial charge in [-0.25, -0.2) is 4.39 Å². The minimum absolute atomic E-state index is 0.00248. The van der Waals surface area contributed by atoms with Gasteiger partial charge in [-0.1, -0.05) is 22.0 Å². The fourth-order valence-corrected chi connectivity index (χ4v) is 1.37. The fourth-order valence-electron chi connectivity index (χ4n) is 0.929. The van der Waals surface area contributed by atoms with Crippen molar-refractivity contribution in [1.29, 1.82) is 0 Å². The molecule has 0 radical (unpaired) electrons. The lowest BCUT2D eigenvalue weighted by molar-refractivity contribution is -0.0916. The van der Waals surface area contributed by atoms with E-state index in [1.807, 2.05) is 0 Å². The molecule has 0 spiro atoms. The van der Waals surface area contributed by atoms with Crippen LogP contribution in [0.15, 0.2) is 22.0 Å². The van der Waals surface area contributed by atoms with E-state index in [4.69, 9.17) is 0 Å². The SMILES string of the molecule is FC1=C(Br)CCC=C1C(F)(F)F. The van der Waals surface area contributed by atoms with Crippen molar-refractivity contribution in [2.24, 2.45) is 0 Å². The summed E-state index contributed by atoms with van der Waals surface area (Å²) in [4.78, 5) is 0. The van der Waals surface area contributed by atoms with Crippen LogP contribution in [0.4, 0.5) is 17.6 Å². The zero-order chi connectivity index (χ0) is 9.35. The molecule has 1 aliphatic carbocycles. The molecule has 68 valence electrons. The standard InChI is InChI=1S/C7H5BrF4/c8-5-3-1-2-4(6(5)9)7(10,11)12/h2H,1,3H2. The highest BCUT2D eigenvalue weighted by Gasteiger charge is 2.38. The van der Waals surface area contributed by atoms with Crippen LogP contribution in [0.25, 0.3) is 0 Å². The molecular formula is C7H5BrF4. The van der Waals surface area contributed by atoms with Crippen molar-refractivity contribution in [2.45, 2.75) is 19.0 Å². The molecule has 0 saturated heterocycles. The zero-order valence-electron chi connectivity index (χ0n) is 5.88. The van der Waals surface area contributed by atoms with E-state index in [1.165, 1.54) is 0 Å². The van der Waals surface area contributed by atoms with E-state index in [2.05, 4.69) is 15.9 Å². The summed E-state index contributed by atoms with van der Waals surface area (Å²) in [5, 5.41) is 0. The Morgan fingerprint density at radius 2 is 1.92 bits per heavy atom. The van der Waals surface area contributed by atoms with Crippen LogP contribution in [0.3, 0.4) is 0 Å². The first-order valence-corrected chi connectivity index (χ1v) is 4.04. The molecule has 12 heavy (non-hydrogen) atoms. The number of hydrogen-bond donors (Lipinski definition) is 0. The molecule has 0 aromatic rings. The second-order valence-corrected chi connectivity index (χ2v) is 3.33. The average Bonchev–Trinajstić information content (AvgIpc) is 1.92. The predicted octanol–water partition coefficient (Wildman–Crippen LogP) is 3.84. The normalized spacial score (nSPS) is 19.6. The van der Waals surface area contributed by atoms with Crippen LogP contribution in [-0.4, -0.2) is 6.18 Å². The molecule has 0 aromatic heterocycles. The van der Waals surface area contributed by atoms with Crippen molar-refractivity contribution >= 4 is 15.9 Å². The Balaban J connectivity index is 3.00. The van der Waals surface area contributed by atoms with E-state index in [0.29, 0.717) is 6.42 Å². The van der Waals surface area contributed by atoms with Crippen LogP contribution in [0.2, 0.25) is 0 Å². The molecule has 0 aromatic carbocycles. The molecule has 0 atom stereocenters. The van der Waals surface area contributed by atoms with Gasteiger partial charge < -0.3 is 0 Å². The molecule has 0 bridgehead atoms. The van der Waals surface area contributed by atoms with Gasteiger partial charge in [0, 0.05) is 4.48 Å². The van der Waals surface area contributed by atoms with Crippen LogP contribution in [0, 0.1) is 0 Å². The van der Waals surface area contributed by atoms with Crippen molar-refractivity contribution in [3.05, 3.63) is 22.0 Å². The van der Waals surface area contributed by atoms with Crippen LogP contribution >= 0.6 is 15.9 Å². The van der Waals surface area contributed by atoms with Gasteiger partial charge in [0.1, 0.15) is 5.83 Å². The highest BCUT2D eigenvalue weighted by Crippen LogP contribution is 2.39. The van der Waals surface area contributed by atoms with E-state index in [0.717, 1.165) is 6.08 Å². The van der Waals surface area contributed by atoms with Crippen molar-refractivity contribution < 1.29 is 17.6 Å². The summed E-state index contributed by atoms with van der Waals surface area (Å²) < 4.78 is 48.8. The molecule has 0 heterocycles. The Kier molecular flexibility index (Phi) is 2.61. The first-order valence-electron chi connectivity index (χ1n) is 3.25. The largest absolute Gasteiger partial charge is 0.418 e. The van der Waals surface area contributed by atoms with Gasteiger partial charge in [-0.3, -0.25) is 0 Å². The Morgan fingerprint density at radius 3 is 2.33 bits per heavy atom. The summed E-state index contributed by atoms with van der Waals surface area (Å²) in [6, 6.07) is 0. The molecule has 0 saturated carbocycles. The highest BCUT2D eigenvalue weighted by atomic mass is 79.9. The predicted molar refractivity (Wildman–Crippen MR) is 40.4 cm³/mol. The molecule has 0 unspecified atom stereocenters. The highest BCUT2D eigenvalue weighted by molar-refractivity contribution is 9.11. The van der Waals surface area contributed by atoms with E-state index in [9.17, 15) is 17.6 Å². The van der Waals surface area contributed by atoms with Crippen LogP contribution in [-0.2, 0) is 0 Å². The summed E-state index contributed by atoms with van der Waals surface area (Å²) in [6.45, 7) is 0. The Morgan fingerprint density at radius 1 is 1.33 bits per heavy atom. The van der Waals surface area contributed by atoms with Gasteiger partial charge in [-0.05, 0) is 12.8 Å². The molecule has 0 amide bonds. The lowest BCUT2D eigenvalue weighted by Gasteiger charge is -2.14. The summed E-state index contributed by atoms with van der Waals surface area (Å²) >= 11 is 2.75. The first-order chi connectivity index (χ1) is 5.43. The smallest absolute Gasteiger partial charge is 0.205 e. The number of alkyl halides is 3. The van der Waals surface area contributed by atoms with E-state index in [1.54, 1.807) is 0 Å². The third-order valence-electron chi connectivity index (χ3n) is 1.49. The number of hydrogen-bond acceptors (Lipinski definition) is 0.